The first-order valence-corrected chi connectivity index (χ1v) is 18.4. The Labute approximate surface area is 338 Å². The van der Waals surface area contributed by atoms with Crippen LogP contribution in [0.25, 0.3) is 11.1 Å². The van der Waals surface area contributed by atoms with Gasteiger partial charge in [-0.2, -0.15) is 0 Å². The summed E-state index contributed by atoms with van der Waals surface area (Å²) in [6, 6.07) is 2.62. The van der Waals surface area contributed by atoms with Crippen LogP contribution in [0.5, 0.6) is 23.0 Å². The van der Waals surface area contributed by atoms with E-state index in [1.54, 1.807) is 0 Å². The highest BCUT2D eigenvalue weighted by molar-refractivity contribution is 6.31. The number of benzene rings is 3. The summed E-state index contributed by atoms with van der Waals surface area (Å²) in [5, 5.41) is 121. The summed E-state index contributed by atoms with van der Waals surface area (Å²) < 4.78 is 28.0. The molecule has 2 fully saturated rings. The Kier molecular flexibility index (Phi) is 11.4. The van der Waals surface area contributed by atoms with Crippen LogP contribution in [0, 0.1) is 6.92 Å². The number of hydrogen-bond acceptors (Lipinski definition) is 19. The third-order valence-corrected chi connectivity index (χ3v) is 11.1. The standard InChI is InChI=1S/C39H41NO20/c1-10-4-16-23(30(49)20(10)36(53)40-17(8-41)37(54)55)22-14(7-15-24(31(22)50)27(46)13-5-12(56-3)6-18(42)21(13)26(15)45)28(47)34(16)59-39-33(52)35(25(44)11(2)58-39)60-38-32(51)29(48)19(43)9-57-38/h4-7,11,17,19,25,28-29,32-35,38-39,41-44,47-52H,8-9H2,1-3H3,(H,40,53)(H,54,55)/t11?,17?,19?,25?,28?,29?,32?,33?,34-,35?,38?,39?/m0/s1. The third-order valence-electron chi connectivity index (χ3n) is 11.1. The van der Waals surface area contributed by atoms with Crippen molar-refractivity contribution in [1.29, 1.82) is 0 Å². The fraction of sp³-hybridized carbons (Fsp3) is 0.436. The van der Waals surface area contributed by atoms with Crippen molar-refractivity contribution in [1.82, 2.24) is 5.32 Å². The lowest BCUT2D eigenvalue weighted by Crippen LogP contribution is -2.62. The number of methoxy groups -OCH3 is 1. The molecule has 1 amide bonds. The number of carbonyl (C=O) groups is 4. The fourth-order valence-electron chi connectivity index (χ4n) is 7.97. The first-order chi connectivity index (χ1) is 28.3. The van der Waals surface area contributed by atoms with E-state index >= 15 is 0 Å². The van der Waals surface area contributed by atoms with Crippen molar-refractivity contribution in [2.24, 2.45) is 0 Å². The molecule has 12 N–H and O–H groups in total. The molecule has 21 nitrogen and oxygen atoms in total. The molecule has 11 unspecified atom stereocenters. The van der Waals surface area contributed by atoms with Crippen LogP contribution >= 0.6 is 0 Å². The average Bonchev–Trinajstić information content (AvgIpc) is 3.20. The third kappa shape index (κ3) is 6.82. The van der Waals surface area contributed by atoms with Crippen molar-refractivity contribution >= 4 is 23.4 Å². The minimum atomic E-state index is -1.98. The average molecular weight is 844 g/mol. The molecule has 2 aliphatic carbocycles. The molecular weight excluding hydrogens is 802 g/mol. The fourth-order valence-corrected chi connectivity index (χ4v) is 7.97. The van der Waals surface area contributed by atoms with Crippen LogP contribution in [0.1, 0.15) is 78.0 Å². The van der Waals surface area contributed by atoms with Crippen molar-refractivity contribution in [3.05, 3.63) is 68.8 Å². The van der Waals surface area contributed by atoms with Crippen molar-refractivity contribution in [2.45, 2.75) is 87.4 Å². The van der Waals surface area contributed by atoms with Gasteiger partial charge in [0.1, 0.15) is 71.8 Å². The van der Waals surface area contributed by atoms with Gasteiger partial charge in [0.05, 0.1) is 43.1 Å². The van der Waals surface area contributed by atoms with E-state index in [2.05, 4.69) is 5.32 Å². The number of carboxylic acid groups (broad SMARTS) is 1. The number of hydrogen-bond donors (Lipinski definition) is 12. The summed E-state index contributed by atoms with van der Waals surface area (Å²) in [5.41, 5.74) is -4.12. The SMILES string of the molecule is COc1cc(O)c2c(c1)C(=O)c1c(cc3c(c1O)-c1c(cc(C)c(C(=O)NC(CO)C(=O)O)c1O)[C@H](OC1OC(C)C(O)C(OC4OCC(O)C(O)C4O)C1O)C3O)C2=O. The Morgan fingerprint density at radius 3 is 2.12 bits per heavy atom. The Balaban J connectivity index is 1.37. The van der Waals surface area contributed by atoms with Crippen LogP contribution in [0.2, 0.25) is 0 Å². The maximum Gasteiger partial charge on any atom is 0.328 e. The van der Waals surface area contributed by atoms with Crippen LogP contribution < -0.4 is 10.1 Å². The number of phenols is 3. The molecule has 0 aromatic heterocycles. The quantitative estimate of drug-likeness (QED) is 0.0878. The molecule has 2 aliphatic heterocycles. The Morgan fingerprint density at radius 1 is 0.817 bits per heavy atom. The van der Waals surface area contributed by atoms with Crippen LogP contribution in [0.4, 0.5) is 0 Å². The van der Waals surface area contributed by atoms with Gasteiger partial charge in [-0.25, -0.2) is 4.79 Å². The highest BCUT2D eigenvalue weighted by Gasteiger charge is 2.51. The summed E-state index contributed by atoms with van der Waals surface area (Å²) >= 11 is 0. The van der Waals surface area contributed by atoms with E-state index < -0.39 is 161 Å². The Morgan fingerprint density at radius 2 is 1.47 bits per heavy atom. The van der Waals surface area contributed by atoms with E-state index in [-0.39, 0.29) is 28.0 Å². The summed E-state index contributed by atoms with van der Waals surface area (Å²) in [6.45, 7) is 1.14. The number of ketones is 2. The van der Waals surface area contributed by atoms with E-state index in [0.717, 1.165) is 18.2 Å². The summed E-state index contributed by atoms with van der Waals surface area (Å²) in [7, 11) is 1.24. The number of aliphatic carboxylic acids is 1. The minimum Gasteiger partial charge on any atom is -0.507 e. The second kappa shape index (κ2) is 15.9. The highest BCUT2D eigenvalue weighted by Crippen LogP contribution is 2.57. The topological polar surface area (TPSA) is 349 Å². The van der Waals surface area contributed by atoms with Crippen molar-refractivity contribution in [3.8, 4) is 34.1 Å². The summed E-state index contributed by atoms with van der Waals surface area (Å²) in [6.07, 6.45) is -18.8. The number of aliphatic hydroxyl groups is 7. The number of aromatic hydroxyl groups is 3. The normalized spacial score (nSPS) is 30.1. The molecule has 2 heterocycles. The van der Waals surface area contributed by atoms with E-state index in [1.807, 2.05) is 0 Å². The molecule has 7 rings (SSSR count). The van der Waals surface area contributed by atoms with Gasteiger partial charge < -0.3 is 85.2 Å². The van der Waals surface area contributed by atoms with Crippen LogP contribution in [-0.2, 0) is 23.7 Å². The zero-order chi connectivity index (χ0) is 43.8. The molecule has 322 valence electrons. The number of rotatable bonds is 9. The second-order valence-corrected chi connectivity index (χ2v) is 14.8. The largest absolute Gasteiger partial charge is 0.507 e. The van der Waals surface area contributed by atoms with E-state index in [4.69, 9.17) is 23.7 Å². The first kappa shape index (κ1) is 42.8. The van der Waals surface area contributed by atoms with Crippen LogP contribution in [-0.4, -0.2) is 161 Å². The molecule has 12 atom stereocenters. The second-order valence-electron chi connectivity index (χ2n) is 14.8. The predicted octanol–water partition coefficient (Wildman–Crippen LogP) is -1.87. The zero-order valence-corrected chi connectivity index (χ0v) is 31.7. The lowest BCUT2D eigenvalue weighted by atomic mass is 9.74. The molecule has 0 spiro atoms. The molecule has 2 saturated heterocycles. The lowest BCUT2D eigenvalue weighted by Gasteiger charge is -2.45. The van der Waals surface area contributed by atoms with E-state index in [0.29, 0.717) is 0 Å². The van der Waals surface area contributed by atoms with Gasteiger partial charge in [0.15, 0.2) is 30.2 Å². The summed E-state index contributed by atoms with van der Waals surface area (Å²) in [5.74, 6) is -7.35. The van der Waals surface area contributed by atoms with Gasteiger partial charge >= 0.3 is 5.97 Å². The van der Waals surface area contributed by atoms with Gasteiger partial charge in [-0.3, -0.25) is 14.4 Å². The molecule has 3 aromatic rings. The van der Waals surface area contributed by atoms with Gasteiger partial charge in [-0.05, 0) is 42.7 Å². The van der Waals surface area contributed by atoms with Gasteiger partial charge in [0.25, 0.3) is 5.91 Å². The molecule has 0 saturated carbocycles. The Bertz CT molecular complexity index is 2280. The molecule has 3 aromatic carbocycles. The maximum absolute atomic E-state index is 14.1. The van der Waals surface area contributed by atoms with Crippen LogP contribution in [0.15, 0.2) is 24.3 Å². The van der Waals surface area contributed by atoms with Crippen molar-refractivity contribution in [3.63, 3.8) is 0 Å². The first-order valence-electron chi connectivity index (χ1n) is 18.4. The van der Waals surface area contributed by atoms with E-state index in [9.17, 15) is 75.3 Å². The molecule has 4 aliphatic rings. The monoisotopic (exact) mass is 843 g/mol. The number of ether oxygens (including phenoxy) is 5. The number of carbonyl (C=O) groups excluding carboxylic acids is 3. The van der Waals surface area contributed by atoms with Gasteiger partial charge in [0, 0.05) is 28.3 Å². The number of carboxylic acids is 1. The highest BCUT2D eigenvalue weighted by atomic mass is 16.7. The maximum atomic E-state index is 14.1. The van der Waals surface area contributed by atoms with E-state index in [1.165, 1.54) is 27.0 Å². The zero-order valence-electron chi connectivity index (χ0n) is 31.7. The smallest absolute Gasteiger partial charge is 0.328 e. The molecule has 21 heteroatoms. The molecule has 60 heavy (non-hydrogen) atoms. The number of nitrogens with one attached hydrogen (secondary N) is 1. The predicted molar refractivity (Wildman–Crippen MR) is 195 cm³/mol. The number of aliphatic hydroxyl groups excluding tert-OH is 7. The molecule has 0 bridgehead atoms. The van der Waals surface area contributed by atoms with Gasteiger partial charge in [-0.15, -0.1) is 0 Å². The summed E-state index contributed by atoms with van der Waals surface area (Å²) in [4.78, 5) is 53.3. The van der Waals surface area contributed by atoms with Gasteiger partial charge in [-0.1, -0.05) is 6.07 Å². The van der Waals surface area contributed by atoms with Crippen molar-refractivity contribution < 1.29 is 99.0 Å². The van der Waals surface area contributed by atoms with Crippen LogP contribution in [0.3, 0.4) is 0 Å². The molecular formula is C39H41NO20. The lowest BCUT2D eigenvalue weighted by molar-refractivity contribution is -0.353. The number of aryl methyl sites for hydroxylation is 1. The van der Waals surface area contributed by atoms with Gasteiger partial charge in [0.2, 0.25) is 0 Å². The van der Waals surface area contributed by atoms with Crippen molar-refractivity contribution in [2.75, 3.05) is 20.3 Å². The number of fused-ring (bicyclic) bond motifs is 5. The number of phenolic OH excluding ortho intramolecular Hbond substituents is 3. The minimum absolute atomic E-state index is 0.0131. The Hall–Kier alpha value is -5.30. The molecule has 0 radical (unpaired) electrons. The number of amides is 1.